The molecule has 0 saturated heterocycles. The number of aryl methyl sites for hydroxylation is 2. The van der Waals surface area contributed by atoms with Crippen molar-refractivity contribution in [2.24, 2.45) is 0 Å². The van der Waals surface area contributed by atoms with E-state index in [1.165, 1.54) is 0 Å². The summed E-state index contributed by atoms with van der Waals surface area (Å²) in [6.45, 7) is 1.99. The number of carbonyl (C=O) groups is 1. The second kappa shape index (κ2) is 6.46. The SMILES string of the molecule is Cc1ccc(C)c(CS(=O)(=O)CC(=O)NCC(F)(F)F)c1. The first-order valence-corrected chi connectivity index (χ1v) is 7.91. The zero-order chi connectivity index (χ0) is 16.3. The van der Waals surface area contributed by atoms with Crippen molar-refractivity contribution in [1.29, 1.82) is 0 Å². The summed E-state index contributed by atoms with van der Waals surface area (Å²) in [5.41, 5.74) is 2.16. The van der Waals surface area contributed by atoms with Gasteiger partial charge in [0.05, 0.1) is 5.75 Å². The predicted octanol–water partition coefficient (Wildman–Crippen LogP) is 1.90. The quantitative estimate of drug-likeness (QED) is 0.900. The van der Waals surface area contributed by atoms with E-state index >= 15 is 0 Å². The Bertz CT molecular complexity index is 624. The topological polar surface area (TPSA) is 63.2 Å². The number of hydrogen-bond acceptors (Lipinski definition) is 3. The van der Waals surface area contributed by atoms with Gasteiger partial charge in [-0.15, -0.1) is 0 Å². The second-order valence-electron chi connectivity index (χ2n) is 4.85. The molecule has 1 rings (SSSR count). The number of hydrogen-bond donors (Lipinski definition) is 1. The van der Waals surface area contributed by atoms with Gasteiger partial charge in [0.1, 0.15) is 12.3 Å². The van der Waals surface area contributed by atoms with Gasteiger partial charge in [-0.05, 0) is 25.0 Å². The molecule has 1 aromatic rings. The Morgan fingerprint density at radius 2 is 1.86 bits per heavy atom. The Morgan fingerprint density at radius 3 is 2.43 bits per heavy atom. The van der Waals surface area contributed by atoms with E-state index in [0.29, 0.717) is 5.56 Å². The van der Waals surface area contributed by atoms with Crippen LogP contribution >= 0.6 is 0 Å². The summed E-state index contributed by atoms with van der Waals surface area (Å²) in [4.78, 5) is 11.3. The van der Waals surface area contributed by atoms with Crippen molar-refractivity contribution in [2.75, 3.05) is 12.3 Å². The van der Waals surface area contributed by atoms with E-state index in [1.807, 2.05) is 6.07 Å². The van der Waals surface area contributed by atoms with Crippen molar-refractivity contribution >= 4 is 15.7 Å². The zero-order valence-electron chi connectivity index (χ0n) is 11.6. The molecule has 0 heterocycles. The van der Waals surface area contributed by atoms with Gasteiger partial charge in [0, 0.05) is 0 Å². The molecule has 118 valence electrons. The minimum Gasteiger partial charge on any atom is -0.346 e. The third kappa shape index (κ3) is 6.61. The smallest absolute Gasteiger partial charge is 0.346 e. The largest absolute Gasteiger partial charge is 0.405 e. The van der Waals surface area contributed by atoms with Crippen molar-refractivity contribution < 1.29 is 26.4 Å². The molecule has 0 aliphatic rings. The standard InChI is InChI=1S/C13H16F3NO3S/c1-9-3-4-10(2)11(5-9)6-21(19,20)7-12(18)17-8-13(14,15)16/h3-5H,6-8H2,1-2H3,(H,17,18). The lowest BCUT2D eigenvalue weighted by Crippen LogP contribution is -2.37. The lowest BCUT2D eigenvalue weighted by Gasteiger charge is -2.10. The molecule has 0 radical (unpaired) electrons. The highest BCUT2D eigenvalue weighted by Gasteiger charge is 2.28. The molecule has 0 fully saturated rings. The molecule has 1 N–H and O–H groups in total. The number of sulfone groups is 1. The van der Waals surface area contributed by atoms with Crippen LogP contribution in [0.25, 0.3) is 0 Å². The molecule has 0 bridgehead atoms. The molecule has 8 heteroatoms. The fourth-order valence-corrected chi connectivity index (χ4v) is 3.08. The monoisotopic (exact) mass is 323 g/mol. The number of halogens is 3. The molecular formula is C13H16F3NO3S. The minimum atomic E-state index is -4.56. The summed E-state index contributed by atoms with van der Waals surface area (Å²) < 4.78 is 59.5. The average molecular weight is 323 g/mol. The van der Waals surface area contributed by atoms with Crippen LogP contribution < -0.4 is 5.32 Å². The van der Waals surface area contributed by atoms with Crippen molar-refractivity contribution in [1.82, 2.24) is 5.32 Å². The van der Waals surface area contributed by atoms with E-state index in [4.69, 9.17) is 0 Å². The predicted molar refractivity (Wildman–Crippen MR) is 72.5 cm³/mol. The number of rotatable bonds is 5. The van der Waals surface area contributed by atoms with E-state index in [9.17, 15) is 26.4 Å². The van der Waals surface area contributed by atoms with Crippen LogP contribution in [0.3, 0.4) is 0 Å². The van der Waals surface area contributed by atoms with Crippen LogP contribution in [-0.4, -0.2) is 32.8 Å². The van der Waals surface area contributed by atoms with Gasteiger partial charge in [0.25, 0.3) is 0 Å². The van der Waals surface area contributed by atoms with Gasteiger partial charge in [-0.3, -0.25) is 4.79 Å². The molecule has 0 atom stereocenters. The summed E-state index contributed by atoms with van der Waals surface area (Å²) in [6, 6.07) is 5.26. The molecule has 0 unspecified atom stereocenters. The Hall–Kier alpha value is -1.57. The summed E-state index contributed by atoms with van der Waals surface area (Å²) in [5.74, 6) is -2.49. The van der Waals surface area contributed by atoms with E-state index < -0.39 is 34.2 Å². The van der Waals surface area contributed by atoms with Crippen LogP contribution in [0, 0.1) is 13.8 Å². The van der Waals surface area contributed by atoms with Crippen molar-refractivity contribution in [2.45, 2.75) is 25.8 Å². The average Bonchev–Trinajstić information content (AvgIpc) is 2.29. The Morgan fingerprint density at radius 1 is 1.24 bits per heavy atom. The van der Waals surface area contributed by atoms with Crippen LogP contribution in [0.5, 0.6) is 0 Å². The molecule has 0 aromatic heterocycles. The van der Waals surface area contributed by atoms with Gasteiger partial charge in [-0.2, -0.15) is 13.2 Å². The van der Waals surface area contributed by atoms with E-state index in [0.717, 1.165) is 11.1 Å². The second-order valence-corrected chi connectivity index (χ2v) is 6.92. The summed E-state index contributed by atoms with van der Waals surface area (Å²) in [7, 11) is -3.82. The van der Waals surface area contributed by atoms with Crippen LogP contribution in [-0.2, 0) is 20.4 Å². The first-order chi connectivity index (χ1) is 9.48. The number of alkyl halides is 3. The third-order valence-electron chi connectivity index (χ3n) is 2.72. The molecule has 21 heavy (non-hydrogen) atoms. The van der Waals surface area contributed by atoms with Gasteiger partial charge >= 0.3 is 6.18 Å². The first kappa shape index (κ1) is 17.5. The fourth-order valence-electron chi connectivity index (χ4n) is 1.69. The lowest BCUT2D eigenvalue weighted by molar-refractivity contribution is -0.137. The molecule has 0 aliphatic heterocycles. The first-order valence-electron chi connectivity index (χ1n) is 6.08. The highest BCUT2D eigenvalue weighted by Crippen LogP contribution is 2.15. The van der Waals surface area contributed by atoms with Gasteiger partial charge in [0.15, 0.2) is 9.84 Å². The van der Waals surface area contributed by atoms with Gasteiger partial charge < -0.3 is 5.32 Å². The number of benzene rings is 1. The molecule has 1 amide bonds. The Labute approximate surface area is 121 Å². The normalized spacial score (nSPS) is 12.2. The van der Waals surface area contributed by atoms with Crippen LogP contribution in [0.4, 0.5) is 13.2 Å². The molecule has 0 spiro atoms. The van der Waals surface area contributed by atoms with E-state index in [-0.39, 0.29) is 5.75 Å². The number of amides is 1. The maximum Gasteiger partial charge on any atom is 0.405 e. The fraction of sp³-hybridized carbons (Fsp3) is 0.462. The van der Waals surface area contributed by atoms with Gasteiger partial charge in [-0.25, -0.2) is 8.42 Å². The highest BCUT2D eigenvalue weighted by atomic mass is 32.2. The van der Waals surface area contributed by atoms with E-state index in [1.54, 1.807) is 31.3 Å². The molecule has 4 nitrogen and oxygen atoms in total. The molecule has 0 aliphatic carbocycles. The van der Waals surface area contributed by atoms with Crippen LogP contribution in [0.2, 0.25) is 0 Å². The van der Waals surface area contributed by atoms with E-state index in [2.05, 4.69) is 0 Å². The van der Waals surface area contributed by atoms with Crippen molar-refractivity contribution in [3.63, 3.8) is 0 Å². The van der Waals surface area contributed by atoms with Gasteiger partial charge in [0.2, 0.25) is 5.91 Å². The summed E-state index contributed by atoms with van der Waals surface area (Å²) in [6.07, 6.45) is -4.56. The zero-order valence-corrected chi connectivity index (χ0v) is 12.4. The third-order valence-corrected chi connectivity index (χ3v) is 4.17. The molecule has 0 saturated carbocycles. The number of nitrogens with one attached hydrogen (secondary N) is 1. The Kier molecular flexibility index (Phi) is 5.38. The lowest BCUT2D eigenvalue weighted by atomic mass is 10.1. The van der Waals surface area contributed by atoms with Crippen molar-refractivity contribution in [3.05, 3.63) is 34.9 Å². The minimum absolute atomic E-state index is 0.375. The maximum absolute atomic E-state index is 11.9. The van der Waals surface area contributed by atoms with Crippen molar-refractivity contribution in [3.8, 4) is 0 Å². The van der Waals surface area contributed by atoms with Gasteiger partial charge in [-0.1, -0.05) is 23.8 Å². The van der Waals surface area contributed by atoms with Crippen LogP contribution in [0.1, 0.15) is 16.7 Å². The summed E-state index contributed by atoms with van der Waals surface area (Å²) in [5, 5.41) is 1.55. The highest BCUT2D eigenvalue weighted by molar-refractivity contribution is 7.91. The maximum atomic E-state index is 11.9. The van der Waals surface area contributed by atoms with Crippen LogP contribution in [0.15, 0.2) is 18.2 Å². The molecular weight excluding hydrogens is 307 g/mol. The number of carbonyl (C=O) groups excluding carboxylic acids is 1. The molecule has 1 aromatic carbocycles. The Balaban J connectivity index is 2.70. The summed E-state index contributed by atoms with van der Waals surface area (Å²) >= 11 is 0.